The third-order valence-corrected chi connectivity index (χ3v) is 6.94. The summed E-state index contributed by atoms with van der Waals surface area (Å²) in [5.74, 6) is 0.635. The standard InChI is InChI=1S/C28H31N7O/c1-18-15-34(16-19(2)30-18)17-20-3-6-23(7-4-20)31-28-29-14-22-11-12-35(27(22)33-28)24-8-9-25-21(13-24)5-10-26(36)32-25/h3-4,6-9,11-14,18-19,30H,5,10,15-17H2,1-2H3,(H,32,36)(H,29,31,33)/t18-,19+. The molecule has 2 aromatic carbocycles. The summed E-state index contributed by atoms with van der Waals surface area (Å²) in [4.78, 5) is 23.5. The van der Waals surface area contributed by atoms with Crippen LogP contribution in [0.15, 0.2) is 60.9 Å². The highest BCUT2D eigenvalue weighted by atomic mass is 16.1. The predicted molar refractivity (Wildman–Crippen MR) is 143 cm³/mol. The largest absolute Gasteiger partial charge is 0.326 e. The lowest BCUT2D eigenvalue weighted by molar-refractivity contribution is -0.116. The summed E-state index contributed by atoms with van der Waals surface area (Å²) in [5.41, 5.74) is 6.16. The number of amides is 1. The maximum atomic E-state index is 11.7. The van der Waals surface area contributed by atoms with Crippen molar-refractivity contribution in [3.8, 4) is 5.69 Å². The molecule has 8 nitrogen and oxygen atoms in total. The minimum atomic E-state index is 0.0751. The molecule has 4 heterocycles. The lowest BCUT2D eigenvalue weighted by atomic mass is 10.0. The summed E-state index contributed by atoms with van der Waals surface area (Å²) in [6.07, 6.45) is 5.13. The van der Waals surface area contributed by atoms with E-state index in [1.807, 2.05) is 30.6 Å². The minimum Gasteiger partial charge on any atom is -0.326 e. The molecule has 1 amide bonds. The molecule has 0 unspecified atom stereocenters. The fourth-order valence-corrected chi connectivity index (χ4v) is 5.36. The average molecular weight is 482 g/mol. The summed E-state index contributed by atoms with van der Waals surface area (Å²) in [7, 11) is 0. The number of carbonyl (C=O) groups excluding carboxylic acids is 1. The van der Waals surface area contributed by atoms with Crippen molar-refractivity contribution in [3.63, 3.8) is 0 Å². The number of hydrogen-bond donors (Lipinski definition) is 3. The number of piperazine rings is 1. The van der Waals surface area contributed by atoms with Gasteiger partial charge in [-0.3, -0.25) is 9.69 Å². The van der Waals surface area contributed by atoms with Crippen molar-refractivity contribution < 1.29 is 4.79 Å². The van der Waals surface area contributed by atoms with E-state index in [2.05, 4.69) is 74.6 Å². The van der Waals surface area contributed by atoms with Crippen LogP contribution in [0.1, 0.15) is 31.4 Å². The first-order valence-corrected chi connectivity index (χ1v) is 12.6. The van der Waals surface area contributed by atoms with Gasteiger partial charge in [0, 0.05) is 73.0 Å². The highest BCUT2D eigenvalue weighted by Gasteiger charge is 2.21. The van der Waals surface area contributed by atoms with Crippen LogP contribution < -0.4 is 16.0 Å². The van der Waals surface area contributed by atoms with Gasteiger partial charge in [0.2, 0.25) is 11.9 Å². The Labute approximate surface area is 210 Å². The third kappa shape index (κ3) is 4.69. The maximum Gasteiger partial charge on any atom is 0.229 e. The van der Waals surface area contributed by atoms with E-state index in [0.29, 0.717) is 24.5 Å². The molecule has 0 radical (unpaired) electrons. The van der Waals surface area contributed by atoms with Crippen molar-refractivity contribution in [2.75, 3.05) is 23.7 Å². The van der Waals surface area contributed by atoms with Crippen LogP contribution in [0.3, 0.4) is 0 Å². The van der Waals surface area contributed by atoms with Gasteiger partial charge in [0.05, 0.1) is 0 Å². The number of anilines is 3. The number of benzene rings is 2. The van der Waals surface area contributed by atoms with Gasteiger partial charge in [-0.05, 0) is 67.8 Å². The Hall–Kier alpha value is -3.75. The van der Waals surface area contributed by atoms with Crippen LogP contribution in [0.25, 0.3) is 16.7 Å². The maximum absolute atomic E-state index is 11.7. The number of nitrogens with one attached hydrogen (secondary N) is 3. The van der Waals surface area contributed by atoms with Gasteiger partial charge in [-0.2, -0.15) is 4.98 Å². The first-order chi connectivity index (χ1) is 17.5. The van der Waals surface area contributed by atoms with Crippen LogP contribution in [0.4, 0.5) is 17.3 Å². The van der Waals surface area contributed by atoms with Crippen LogP contribution in [-0.2, 0) is 17.8 Å². The van der Waals surface area contributed by atoms with E-state index in [9.17, 15) is 4.79 Å². The second kappa shape index (κ2) is 9.37. The average Bonchev–Trinajstić information content (AvgIpc) is 3.28. The van der Waals surface area contributed by atoms with Crippen LogP contribution in [0.2, 0.25) is 0 Å². The molecule has 4 aromatic rings. The van der Waals surface area contributed by atoms with Gasteiger partial charge in [-0.15, -0.1) is 0 Å². The molecule has 2 atom stereocenters. The first-order valence-electron chi connectivity index (χ1n) is 12.6. The fourth-order valence-electron chi connectivity index (χ4n) is 5.36. The number of aryl methyl sites for hydroxylation is 1. The van der Waals surface area contributed by atoms with Gasteiger partial charge in [-0.25, -0.2) is 4.98 Å². The molecular weight excluding hydrogens is 450 g/mol. The van der Waals surface area contributed by atoms with E-state index in [1.165, 1.54) is 5.56 Å². The number of aromatic nitrogens is 3. The molecule has 0 saturated carbocycles. The van der Waals surface area contributed by atoms with Gasteiger partial charge in [0.15, 0.2) is 0 Å². The van der Waals surface area contributed by atoms with Crippen molar-refractivity contribution in [3.05, 3.63) is 72.1 Å². The number of nitrogens with zero attached hydrogens (tertiary/aromatic N) is 4. The van der Waals surface area contributed by atoms with E-state index >= 15 is 0 Å². The quantitative estimate of drug-likeness (QED) is 0.396. The summed E-state index contributed by atoms with van der Waals surface area (Å²) in [6.45, 7) is 7.58. The Balaban J connectivity index is 1.19. The Morgan fingerprint density at radius 2 is 1.83 bits per heavy atom. The molecule has 0 aliphatic carbocycles. The van der Waals surface area contributed by atoms with Crippen molar-refractivity contribution in [2.24, 2.45) is 0 Å². The number of carbonyl (C=O) groups is 1. The van der Waals surface area contributed by atoms with Gasteiger partial charge in [0.1, 0.15) is 5.65 Å². The van der Waals surface area contributed by atoms with Gasteiger partial charge in [0.25, 0.3) is 0 Å². The molecule has 6 rings (SSSR count). The number of hydrogen-bond acceptors (Lipinski definition) is 6. The molecule has 1 saturated heterocycles. The Bertz CT molecular complexity index is 1400. The van der Waals surface area contributed by atoms with Crippen LogP contribution >= 0.6 is 0 Å². The molecule has 2 aliphatic rings. The molecule has 2 aliphatic heterocycles. The van der Waals surface area contributed by atoms with Crippen molar-refractivity contribution >= 4 is 34.3 Å². The Morgan fingerprint density at radius 3 is 2.64 bits per heavy atom. The van der Waals surface area contributed by atoms with Crippen molar-refractivity contribution in [2.45, 2.75) is 45.3 Å². The number of rotatable bonds is 5. The molecule has 3 N–H and O–H groups in total. The zero-order valence-corrected chi connectivity index (χ0v) is 20.7. The molecule has 184 valence electrons. The second-order valence-corrected chi connectivity index (χ2v) is 10.0. The van der Waals surface area contributed by atoms with Gasteiger partial charge < -0.3 is 20.5 Å². The van der Waals surface area contributed by atoms with Crippen molar-refractivity contribution in [1.82, 2.24) is 24.8 Å². The number of fused-ring (bicyclic) bond motifs is 2. The van der Waals surface area contributed by atoms with E-state index in [0.717, 1.165) is 59.7 Å². The second-order valence-electron chi connectivity index (χ2n) is 10.0. The van der Waals surface area contributed by atoms with Gasteiger partial charge in [-0.1, -0.05) is 12.1 Å². The first kappa shape index (κ1) is 22.7. The normalized spacial score (nSPS) is 20.2. The van der Waals surface area contributed by atoms with Crippen LogP contribution in [0, 0.1) is 0 Å². The SMILES string of the molecule is C[C@@H]1CN(Cc2ccc(Nc3ncc4ccn(-c5ccc6c(c5)CCC(=O)N6)c4n3)cc2)C[C@H](C)N1. The van der Waals surface area contributed by atoms with Crippen LogP contribution in [-0.4, -0.2) is 50.5 Å². The molecule has 1 fully saturated rings. The van der Waals surface area contributed by atoms with E-state index < -0.39 is 0 Å². The predicted octanol–water partition coefficient (Wildman–Crippen LogP) is 4.23. The zero-order chi connectivity index (χ0) is 24.6. The summed E-state index contributed by atoms with van der Waals surface area (Å²) in [5, 5.41) is 10.9. The third-order valence-electron chi connectivity index (χ3n) is 6.94. The summed E-state index contributed by atoms with van der Waals surface area (Å²) < 4.78 is 2.07. The molecule has 0 spiro atoms. The Kier molecular flexibility index (Phi) is 5.91. The highest BCUT2D eigenvalue weighted by molar-refractivity contribution is 5.94. The molecule has 0 bridgehead atoms. The fraction of sp³-hybridized carbons (Fsp3) is 0.321. The monoisotopic (exact) mass is 481 g/mol. The smallest absolute Gasteiger partial charge is 0.229 e. The molecule has 2 aromatic heterocycles. The molecule has 36 heavy (non-hydrogen) atoms. The van der Waals surface area contributed by atoms with Crippen LogP contribution in [0.5, 0.6) is 0 Å². The topological polar surface area (TPSA) is 87.1 Å². The lowest BCUT2D eigenvalue weighted by Crippen LogP contribution is -2.53. The van der Waals surface area contributed by atoms with E-state index in [-0.39, 0.29) is 5.91 Å². The van der Waals surface area contributed by atoms with Gasteiger partial charge >= 0.3 is 0 Å². The molecular formula is C28H31N7O. The highest BCUT2D eigenvalue weighted by Crippen LogP contribution is 2.27. The van der Waals surface area contributed by atoms with Crippen molar-refractivity contribution in [1.29, 1.82) is 0 Å². The Morgan fingerprint density at radius 1 is 1.03 bits per heavy atom. The van der Waals surface area contributed by atoms with E-state index in [4.69, 9.17) is 4.98 Å². The molecule has 8 heteroatoms. The lowest BCUT2D eigenvalue weighted by Gasteiger charge is -2.36. The minimum absolute atomic E-state index is 0.0751. The van der Waals surface area contributed by atoms with E-state index in [1.54, 1.807) is 0 Å². The summed E-state index contributed by atoms with van der Waals surface area (Å²) in [6, 6.07) is 17.7. The zero-order valence-electron chi connectivity index (χ0n) is 20.7. The summed E-state index contributed by atoms with van der Waals surface area (Å²) >= 11 is 0.